The number of aromatic hydroxyl groups is 2. The fourth-order valence-corrected chi connectivity index (χ4v) is 4.26. The topological polar surface area (TPSA) is 72.8 Å². The van der Waals surface area contributed by atoms with Gasteiger partial charge in [-0.15, -0.1) is 0 Å². The maximum absolute atomic E-state index is 12.8. The van der Waals surface area contributed by atoms with Crippen LogP contribution in [0.2, 0.25) is 0 Å². The van der Waals surface area contributed by atoms with Crippen molar-refractivity contribution in [2.45, 2.75) is 32.4 Å². The van der Waals surface area contributed by atoms with Gasteiger partial charge in [-0.05, 0) is 61.2 Å². The zero-order chi connectivity index (χ0) is 18.1. The minimum atomic E-state index is -0.329. The number of piperidine rings is 1. The molecule has 0 aliphatic carbocycles. The molecule has 2 aromatic rings. The number of rotatable bonds is 2. The minimum Gasteiger partial charge on any atom is -0.508 e. The SMILES string of the molecule is O=C1NCc2ccccc2CC12CCN(Cc1cc(O)cc(O)c1)CC2. The van der Waals surface area contributed by atoms with Gasteiger partial charge in [0.05, 0.1) is 5.41 Å². The predicted octanol–water partition coefficient (Wildman–Crippen LogP) is 2.55. The third-order valence-corrected chi connectivity index (χ3v) is 5.75. The average molecular weight is 352 g/mol. The van der Waals surface area contributed by atoms with E-state index in [4.69, 9.17) is 0 Å². The van der Waals surface area contributed by atoms with E-state index in [1.165, 1.54) is 17.2 Å². The summed E-state index contributed by atoms with van der Waals surface area (Å²) in [6, 6.07) is 13.0. The second-order valence-corrected chi connectivity index (χ2v) is 7.54. The second-order valence-electron chi connectivity index (χ2n) is 7.54. The summed E-state index contributed by atoms with van der Waals surface area (Å²) in [4.78, 5) is 15.1. The molecule has 1 saturated heterocycles. The van der Waals surface area contributed by atoms with Gasteiger partial charge in [0.1, 0.15) is 11.5 Å². The van der Waals surface area contributed by atoms with Crippen LogP contribution in [0.3, 0.4) is 0 Å². The third kappa shape index (κ3) is 3.27. The normalized spacial score (nSPS) is 19.6. The summed E-state index contributed by atoms with van der Waals surface area (Å²) in [7, 11) is 0. The van der Waals surface area contributed by atoms with Crippen molar-refractivity contribution in [1.82, 2.24) is 10.2 Å². The van der Waals surface area contributed by atoms with Gasteiger partial charge in [-0.25, -0.2) is 0 Å². The fourth-order valence-electron chi connectivity index (χ4n) is 4.26. The van der Waals surface area contributed by atoms with E-state index in [1.54, 1.807) is 12.1 Å². The number of benzene rings is 2. The highest BCUT2D eigenvalue weighted by molar-refractivity contribution is 5.83. The summed E-state index contributed by atoms with van der Waals surface area (Å²) in [6.07, 6.45) is 2.44. The Morgan fingerprint density at radius 1 is 1.00 bits per heavy atom. The largest absolute Gasteiger partial charge is 0.508 e. The van der Waals surface area contributed by atoms with Gasteiger partial charge in [-0.2, -0.15) is 0 Å². The van der Waals surface area contributed by atoms with Crippen LogP contribution in [0.5, 0.6) is 11.5 Å². The Hall–Kier alpha value is -2.53. The van der Waals surface area contributed by atoms with Crippen molar-refractivity contribution in [3.63, 3.8) is 0 Å². The summed E-state index contributed by atoms with van der Waals surface area (Å²) in [5.41, 5.74) is 3.05. The average Bonchev–Trinajstić information content (AvgIpc) is 2.74. The number of phenolic OH excluding ortho intramolecular Hbond substituents is 2. The number of phenols is 2. The van der Waals surface area contributed by atoms with E-state index >= 15 is 0 Å². The molecule has 2 aliphatic heterocycles. The molecule has 0 atom stereocenters. The lowest BCUT2D eigenvalue weighted by atomic mass is 9.73. The lowest BCUT2D eigenvalue weighted by Gasteiger charge is -2.40. The maximum atomic E-state index is 12.8. The minimum absolute atomic E-state index is 0.0771. The van der Waals surface area contributed by atoms with Crippen molar-refractivity contribution in [3.05, 3.63) is 59.2 Å². The third-order valence-electron chi connectivity index (χ3n) is 5.75. The van der Waals surface area contributed by atoms with E-state index in [0.717, 1.165) is 37.9 Å². The molecule has 2 aromatic carbocycles. The molecule has 1 spiro atoms. The summed E-state index contributed by atoms with van der Waals surface area (Å²) in [5, 5.41) is 22.4. The van der Waals surface area contributed by atoms with Gasteiger partial charge in [0.2, 0.25) is 5.91 Å². The molecule has 2 heterocycles. The van der Waals surface area contributed by atoms with Gasteiger partial charge in [0.25, 0.3) is 0 Å². The molecule has 0 saturated carbocycles. The molecule has 5 nitrogen and oxygen atoms in total. The lowest BCUT2D eigenvalue weighted by Crippen LogP contribution is -2.48. The van der Waals surface area contributed by atoms with Crippen LogP contribution in [-0.2, 0) is 24.3 Å². The second kappa shape index (κ2) is 6.65. The van der Waals surface area contributed by atoms with Crippen molar-refractivity contribution in [3.8, 4) is 11.5 Å². The maximum Gasteiger partial charge on any atom is 0.226 e. The van der Waals surface area contributed by atoms with Gasteiger partial charge in [0.15, 0.2) is 0 Å². The Morgan fingerprint density at radius 3 is 2.35 bits per heavy atom. The van der Waals surface area contributed by atoms with Crippen LogP contribution in [0.4, 0.5) is 0 Å². The molecule has 3 N–H and O–H groups in total. The molecule has 136 valence electrons. The first-order valence-corrected chi connectivity index (χ1v) is 9.13. The van der Waals surface area contributed by atoms with Crippen molar-refractivity contribution >= 4 is 5.91 Å². The van der Waals surface area contributed by atoms with Crippen LogP contribution in [0.25, 0.3) is 0 Å². The Kier molecular flexibility index (Phi) is 4.32. The van der Waals surface area contributed by atoms with Gasteiger partial charge in [-0.3, -0.25) is 9.69 Å². The summed E-state index contributed by atoms with van der Waals surface area (Å²) in [5.74, 6) is 0.324. The first-order valence-electron chi connectivity index (χ1n) is 9.13. The van der Waals surface area contributed by atoms with E-state index < -0.39 is 0 Å². The predicted molar refractivity (Wildman–Crippen MR) is 98.7 cm³/mol. The lowest BCUT2D eigenvalue weighted by molar-refractivity contribution is -0.133. The van der Waals surface area contributed by atoms with Crippen molar-refractivity contribution in [2.24, 2.45) is 5.41 Å². The zero-order valence-corrected chi connectivity index (χ0v) is 14.7. The Bertz CT molecular complexity index is 806. The van der Waals surface area contributed by atoms with Crippen molar-refractivity contribution in [2.75, 3.05) is 13.1 Å². The van der Waals surface area contributed by atoms with Crippen LogP contribution in [0.15, 0.2) is 42.5 Å². The standard InChI is InChI=1S/C21H24N2O3/c24-18-9-15(10-19(25)11-18)14-23-7-5-21(6-8-23)12-16-3-1-2-4-17(16)13-22-20(21)26/h1-4,9-11,24-25H,5-8,12-14H2,(H,22,26). The molecule has 1 fully saturated rings. The summed E-state index contributed by atoms with van der Waals surface area (Å²) >= 11 is 0. The first-order chi connectivity index (χ1) is 12.5. The highest BCUT2D eigenvalue weighted by atomic mass is 16.3. The Labute approximate surface area is 153 Å². The molecule has 2 aliphatic rings. The smallest absolute Gasteiger partial charge is 0.226 e. The quantitative estimate of drug-likeness (QED) is 0.777. The number of carbonyl (C=O) groups excluding carboxylic acids is 1. The van der Waals surface area contributed by atoms with E-state index in [1.807, 2.05) is 12.1 Å². The molecule has 5 heteroatoms. The Balaban J connectivity index is 1.47. The number of nitrogens with one attached hydrogen (secondary N) is 1. The highest BCUT2D eigenvalue weighted by Crippen LogP contribution is 2.38. The van der Waals surface area contributed by atoms with Crippen molar-refractivity contribution < 1.29 is 15.0 Å². The Morgan fingerprint density at radius 2 is 1.65 bits per heavy atom. The van der Waals surface area contributed by atoms with E-state index in [9.17, 15) is 15.0 Å². The summed E-state index contributed by atoms with van der Waals surface area (Å²) < 4.78 is 0. The summed E-state index contributed by atoms with van der Waals surface area (Å²) in [6.45, 7) is 2.93. The van der Waals surface area contributed by atoms with Crippen LogP contribution in [0.1, 0.15) is 29.5 Å². The molecule has 0 radical (unpaired) electrons. The number of carbonyl (C=O) groups is 1. The van der Waals surface area contributed by atoms with E-state index in [-0.39, 0.29) is 22.8 Å². The van der Waals surface area contributed by atoms with Crippen LogP contribution in [0, 0.1) is 5.41 Å². The van der Waals surface area contributed by atoms with Gasteiger partial charge in [0, 0.05) is 19.2 Å². The zero-order valence-electron chi connectivity index (χ0n) is 14.7. The number of amides is 1. The fraction of sp³-hybridized carbons (Fsp3) is 0.381. The molecule has 0 bridgehead atoms. The van der Waals surface area contributed by atoms with Crippen LogP contribution >= 0.6 is 0 Å². The van der Waals surface area contributed by atoms with Gasteiger partial charge < -0.3 is 15.5 Å². The first kappa shape index (κ1) is 16.9. The molecular weight excluding hydrogens is 328 g/mol. The molecular formula is C21H24N2O3. The molecule has 26 heavy (non-hydrogen) atoms. The molecule has 4 rings (SSSR count). The highest BCUT2D eigenvalue weighted by Gasteiger charge is 2.42. The van der Waals surface area contributed by atoms with Gasteiger partial charge >= 0.3 is 0 Å². The monoisotopic (exact) mass is 352 g/mol. The number of fused-ring (bicyclic) bond motifs is 1. The number of nitrogens with zero attached hydrogens (tertiary/aromatic N) is 1. The number of likely N-dealkylation sites (tertiary alicyclic amines) is 1. The number of hydrogen-bond donors (Lipinski definition) is 3. The molecule has 1 amide bonds. The van der Waals surface area contributed by atoms with E-state index in [0.29, 0.717) is 13.1 Å². The molecule has 0 aromatic heterocycles. The molecule has 0 unspecified atom stereocenters. The van der Waals surface area contributed by atoms with Crippen LogP contribution in [-0.4, -0.2) is 34.1 Å². The van der Waals surface area contributed by atoms with E-state index in [2.05, 4.69) is 22.3 Å². The van der Waals surface area contributed by atoms with Crippen molar-refractivity contribution in [1.29, 1.82) is 0 Å². The van der Waals surface area contributed by atoms with Gasteiger partial charge in [-0.1, -0.05) is 24.3 Å². The number of hydrogen-bond acceptors (Lipinski definition) is 4. The van der Waals surface area contributed by atoms with Crippen LogP contribution < -0.4 is 5.32 Å².